The predicted octanol–water partition coefficient (Wildman–Crippen LogP) is 3.29. The van der Waals surface area contributed by atoms with Crippen LogP contribution in [0.2, 0.25) is 5.02 Å². The number of carbonyl (C=O) groups excluding carboxylic acids is 1. The molecule has 0 aliphatic heterocycles. The number of thioether (sulfide) groups is 1. The second-order valence-electron chi connectivity index (χ2n) is 4.23. The Labute approximate surface area is 139 Å². The van der Waals surface area contributed by atoms with Gasteiger partial charge in [0.1, 0.15) is 0 Å². The summed E-state index contributed by atoms with van der Waals surface area (Å²) in [5, 5.41) is 19.9. The lowest BCUT2D eigenvalue weighted by Crippen LogP contribution is -2.12. The van der Waals surface area contributed by atoms with Gasteiger partial charge in [-0.3, -0.25) is 9.59 Å². The van der Waals surface area contributed by atoms with Crippen molar-refractivity contribution in [3.8, 4) is 0 Å². The first-order valence-corrected chi connectivity index (χ1v) is 8.43. The Morgan fingerprint density at radius 1 is 1.23 bits per heavy atom. The fourth-order valence-electron chi connectivity index (χ4n) is 1.45. The molecule has 2 N–H and O–H groups in total. The average Bonchev–Trinajstić information content (AvgIpc) is 2.92. The van der Waals surface area contributed by atoms with Gasteiger partial charge in [-0.1, -0.05) is 46.8 Å². The van der Waals surface area contributed by atoms with Crippen molar-refractivity contribution in [3.63, 3.8) is 0 Å². The van der Waals surface area contributed by atoms with Gasteiger partial charge in [0.05, 0.1) is 6.42 Å². The summed E-state index contributed by atoms with van der Waals surface area (Å²) in [6.07, 6.45) is -0.287. The number of carboxylic acids is 1. The van der Waals surface area contributed by atoms with Crippen LogP contribution in [0.15, 0.2) is 28.6 Å². The highest BCUT2D eigenvalue weighted by molar-refractivity contribution is 8.00. The van der Waals surface area contributed by atoms with Crippen molar-refractivity contribution >= 4 is 51.7 Å². The van der Waals surface area contributed by atoms with E-state index in [1.807, 2.05) is 24.3 Å². The van der Waals surface area contributed by atoms with Crippen LogP contribution in [0, 0.1) is 0 Å². The summed E-state index contributed by atoms with van der Waals surface area (Å²) in [5.41, 5.74) is 1.11. The third-order valence-corrected chi connectivity index (χ3v) is 4.79. The van der Waals surface area contributed by atoms with Gasteiger partial charge in [0, 0.05) is 17.2 Å². The molecule has 0 saturated carbocycles. The summed E-state index contributed by atoms with van der Waals surface area (Å²) in [6.45, 7) is 0. The molecule has 0 atom stereocenters. The number of nitrogens with one attached hydrogen (secondary N) is 1. The minimum atomic E-state index is -1.01. The van der Waals surface area contributed by atoms with Gasteiger partial charge in [-0.15, -0.1) is 10.2 Å². The molecule has 0 saturated heterocycles. The molecular weight excluding hydrogens is 346 g/mol. The first-order valence-electron chi connectivity index (χ1n) is 6.25. The number of carbonyl (C=O) groups is 2. The van der Waals surface area contributed by atoms with Crippen LogP contribution >= 0.6 is 34.7 Å². The highest BCUT2D eigenvalue weighted by Crippen LogP contribution is 2.28. The number of anilines is 1. The molecule has 1 amide bonds. The zero-order valence-corrected chi connectivity index (χ0v) is 13.7. The molecule has 0 aliphatic rings. The first-order chi connectivity index (χ1) is 10.5. The van der Waals surface area contributed by atoms with Crippen LogP contribution in [-0.2, 0) is 15.3 Å². The van der Waals surface area contributed by atoms with E-state index in [0.717, 1.165) is 15.7 Å². The molecule has 0 unspecified atom stereocenters. The fraction of sp³-hybridized carbons (Fsp3) is 0.231. The minimum Gasteiger partial charge on any atom is -0.481 e. The largest absolute Gasteiger partial charge is 0.481 e. The molecule has 22 heavy (non-hydrogen) atoms. The van der Waals surface area contributed by atoms with E-state index in [2.05, 4.69) is 15.5 Å². The smallest absolute Gasteiger partial charge is 0.303 e. The number of aliphatic carboxylic acids is 1. The number of amides is 1. The lowest BCUT2D eigenvalue weighted by atomic mass is 10.2. The maximum absolute atomic E-state index is 11.5. The molecule has 0 radical (unpaired) electrons. The Morgan fingerprint density at radius 2 is 1.95 bits per heavy atom. The van der Waals surface area contributed by atoms with Crippen LogP contribution in [0.3, 0.4) is 0 Å². The molecule has 0 bridgehead atoms. The SMILES string of the molecule is O=C(O)CCC(=O)Nc1nnc(SCc2ccc(Cl)cc2)s1. The summed E-state index contributed by atoms with van der Waals surface area (Å²) in [4.78, 5) is 21.9. The zero-order chi connectivity index (χ0) is 15.9. The molecule has 1 aromatic heterocycles. The molecule has 2 aromatic rings. The van der Waals surface area contributed by atoms with Crippen molar-refractivity contribution in [1.82, 2.24) is 10.2 Å². The third-order valence-electron chi connectivity index (χ3n) is 2.49. The number of nitrogens with zero attached hydrogens (tertiary/aromatic N) is 2. The van der Waals surface area contributed by atoms with E-state index in [1.54, 1.807) is 0 Å². The van der Waals surface area contributed by atoms with Crippen LogP contribution in [-0.4, -0.2) is 27.2 Å². The van der Waals surface area contributed by atoms with Crippen LogP contribution in [0.25, 0.3) is 0 Å². The number of rotatable bonds is 7. The Balaban J connectivity index is 1.82. The van der Waals surface area contributed by atoms with E-state index in [9.17, 15) is 9.59 Å². The minimum absolute atomic E-state index is 0.0812. The number of benzene rings is 1. The quantitative estimate of drug-likeness (QED) is 0.583. The number of aromatic nitrogens is 2. The van der Waals surface area contributed by atoms with E-state index < -0.39 is 5.97 Å². The van der Waals surface area contributed by atoms with Crippen molar-refractivity contribution in [1.29, 1.82) is 0 Å². The van der Waals surface area contributed by atoms with Crippen LogP contribution in [0.5, 0.6) is 0 Å². The highest BCUT2D eigenvalue weighted by Gasteiger charge is 2.10. The third kappa shape index (κ3) is 5.63. The summed E-state index contributed by atoms with van der Waals surface area (Å²) >= 11 is 8.58. The highest BCUT2D eigenvalue weighted by atomic mass is 35.5. The van der Waals surface area contributed by atoms with E-state index in [0.29, 0.717) is 10.2 Å². The number of hydrogen-bond donors (Lipinski definition) is 2. The van der Waals surface area contributed by atoms with Crippen LogP contribution < -0.4 is 5.32 Å². The zero-order valence-electron chi connectivity index (χ0n) is 11.3. The Morgan fingerprint density at radius 3 is 2.64 bits per heavy atom. The standard InChI is InChI=1S/C13H12ClN3O3S2/c14-9-3-1-8(2-4-9)7-21-13-17-16-12(22-13)15-10(18)5-6-11(19)20/h1-4H,5-7H2,(H,19,20)(H,15,16,18). The van der Waals surface area contributed by atoms with Crippen molar-refractivity contribution in [2.75, 3.05) is 5.32 Å². The topological polar surface area (TPSA) is 92.2 Å². The lowest BCUT2D eigenvalue weighted by molar-refractivity contribution is -0.138. The molecule has 6 nitrogen and oxygen atoms in total. The summed E-state index contributed by atoms with van der Waals surface area (Å²) < 4.78 is 0.725. The molecule has 0 spiro atoms. The Bertz CT molecular complexity index is 661. The van der Waals surface area contributed by atoms with Gasteiger partial charge < -0.3 is 10.4 Å². The summed E-state index contributed by atoms with van der Waals surface area (Å²) in [7, 11) is 0. The number of hydrogen-bond acceptors (Lipinski definition) is 6. The van der Waals surface area contributed by atoms with Gasteiger partial charge in [-0.05, 0) is 17.7 Å². The van der Waals surface area contributed by atoms with E-state index in [-0.39, 0.29) is 18.7 Å². The molecule has 116 valence electrons. The van der Waals surface area contributed by atoms with Gasteiger partial charge in [-0.25, -0.2) is 0 Å². The fourth-order valence-corrected chi connectivity index (χ4v) is 3.30. The van der Waals surface area contributed by atoms with Crippen LogP contribution in [0.1, 0.15) is 18.4 Å². The maximum Gasteiger partial charge on any atom is 0.303 e. The van der Waals surface area contributed by atoms with Crippen molar-refractivity contribution in [3.05, 3.63) is 34.9 Å². The Hall–Kier alpha value is -1.64. The molecule has 0 fully saturated rings. The van der Waals surface area contributed by atoms with Gasteiger partial charge in [0.15, 0.2) is 4.34 Å². The van der Waals surface area contributed by atoms with Crippen molar-refractivity contribution in [2.45, 2.75) is 22.9 Å². The maximum atomic E-state index is 11.5. The van der Waals surface area contributed by atoms with E-state index >= 15 is 0 Å². The first kappa shape index (κ1) is 16.7. The van der Waals surface area contributed by atoms with Gasteiger partial charge >= 0.3 is 5.97 Å². The predicted molar refractivity (Wildman–Crippen MR) is 86.4 cm³/mol. The van der Waals surface area contributed by atoms with Gasteiger partial charge in [-0.2, -0.15) is 0 Å². The van der Waals surface area contributed by atoms with Crippen molar-refractivity contribution < 1.29 is 14.7 Å². The second kappa shape index (κ2) is 8.11. The monoisotopic (exact) mass is 357 g/mol. The molecular formula is C13H12ClN3O3S2. The second-order valence-corrected chi connectivity index (χ2v) is 6.87. The van der Waals surface area contributed by atoms with E-state index in [1.165, 1.54) is 23.1 Å². The Kier molecular flexibility index (Phi) is 6.17. The van der Waals surface area contributed by atoms with Crippen LogP contribution in [0.4, 0.5) is 5.13 Å². The average molecular weight is 358 g/mol. The van der Waals surface area contributed by atoms with Crippen molar-refractivity contribution in [2.24, 2.45) is 0 Å². The number of halogens is 1. The molecule has 9 heteroatoms. The van der Waals surface area contributed by atoms with Gasteiger partial charge in [0.25, 0.3) is 0 Å². The molecule has 0 aliphatic carbocycles. The normalized spacial score (nSPS) is 10.4. The van der Waals surface area contributed by atoms with Gasteiger partial charge in [0.2, 0.25) is 11.0 Å². The van der Waals surface area contributed by atoms with E-state index in [4.69, 9.17) is 16.7 Å². The summed E-state index contributed by atoms with van der Waals surface area (Å²) in [6, 6.07) is 7.52. The molecule has 2 rings (SSSR count). The molecule has 1 aromatic carbocycles. The summed E-state index contributed by atoms with van der Waals surface area (Å²) in [5.74, 6) is -0.668. The number of carboxylic acid groups (broad SMARTS) is 1. The lowest BCUT2D eigenvalue weighted by Gasteiger charge is -1.99. The molecule has 1 heterocycles.